The molecule has 0 saturated carbocycles. The van der Waals surface area contributed by atoms with Crippen LogP contribution in [0.1, 0.15) is 31.0 Å². The third kappa shape index (κ3) is 2.34. The molecule has 2 aliphatic heterocycles. The van der Waals surface area contributed by atoms with Crippen molar-refractivity contribution < 1.29 is 9.53 Å². The lowest BCUT2D eigenvalue weighted by Gasteiger charge is -2.45. The van der Waals surface area contributed by atoms with Crippen molar-refractivity contribution >= 4 is 23.2 Å². The molecule has 2 bridgehead atoms. The first-order valence-electron chi connectivity index (χ1n) is 8.97. The molecule has 142 valence electrons. The van der Waals surface area contributed by atoms with E-state index in [9.17, 15) is 9.59 Å². The van der Waals surface area contributed by atoms with Crippen molar-refractivity contribution in [1.29, 1.82) is 0 Å². The van der Waals surface area contributed by atoms with Crippen molar-refractivity contribution in [3.05, 3.63) is 67.5 Å². The average molecular weight is 394 g/mol. The van der Waals surface area contributed by atoms with Crippen LogP contribution in [-0.4, -0.2) is 25.9 Å². The Morgan fingerprint density at radius 3 is 2.86 bits per heavy atom. The molecule has 8 heteroatoms. The number of fused-ring (bicyclic) bond motifs is 6. The number of thiazole rings is 1. The maximum absolute atomic E-state index is 13.3. The van der Waals surface area contributed by atoms with E-state index in [0.717, 1.165) is 11.1 Å². The van der Waals surface area contributed by atoms with E-state index in [1.165, 1.54) is 18.3 Å². The Bertz CT molecular complexity index is 1300. The van der Waals surface area contributed by atoms with Crippen molar-refractivity contribution in [3.8, 4) is 5.75 Å². The summed E-state index contributed by atoms with van der Waals surface area (Å²) in [6, 6.07) is 7.12. The lowest BCUT2D eigenvalue weighted by molar-refractivity contribution is -0.132. The third-order valence-electron chi connectivity index (χ3n) is 5.34. The number of aryl methyl sites for hydroxylation is 1. The molecule has 0 saturated heterocycles. The molecule has 5 rings (SSSR count). The first kappa shape index (κ1) is 17.1. The molecular formula is C20H18N4O3S. The van der Waals surface area contributed by atoms with E-state index in [1.807, 2.05) is 50.5 Å². The monoisotopic (exact) mass is 394 g/mol. The van der Waals surface area contributed by atoms with Gasteiger partial charge >= 0.3 is 0 Å². The number of benzene rings is 1. The van der Waals surface area contributed by atoms with Gasteiger partial charge in [-0.05, 0) is 26.0 Å². The highest BCUT2D eigenvalue weighted by Gasteiger charge is 2.53. The highest BCUT2D eigenvalue weighted by atomic mass is 32.1. The van der Waals surface area contributed by atoms with Crippen LogP contribution in [0.25, 0.3) is 6.08 Å². The van der Waals surface area contributed by atoms with Crippen LogP contribution in [0.5, 0.6) is 5.75 Å². The van der Waals surface area contributed by atoms with Crippen LogP contribution in [0.15, 0.2) is 46.4 Å². The molecule has 28 heavy (non-hydrogen) atoms. The number of Topliss-reactive ketones (excluding diaryl/α,β-unsaturated/α-hetero) is 1. The van der Waals surface area contributed by atoms with Crippen LogP contribution < -0.4 is 19.6 Å². The van der Waals surface area contributed by atoms with Gasteiger partial charge in [-0.3, -0.25) is 18.8 Å². The minimum Gasteiger partial charge on any atom is -0.465 e. The topological polar surface area (TPSA) is 78.5 Å². The van der Waals surface area contributed by atoms with Gasteiger partial charge in [-0.15, -0.1) is 0 Å². The van der Waals surface area contributed by atoms with Gasteiger partial charge in [-0.25, -0.2) is 4.99 Å². The molecule has 0 amide bonds. The van der Waals surface area contributed by atoms with Gasteiger partial charge in [-0.1, -0.05) is 29.5 Å². The van der Waals surface area contributed by atoms with Crippen molar-refractivity contribution in [1.82, 2.24) is 14.3 Å². The predicted octanol–water partition coefficient (Wildman–Crippen LogP) is 1.01. The molecule has 1 aromatic carbocycles. The van der Waals surface area contributed by atoms with E-state index >= 15 is 0 Å². The Labute approximate surface area is 164 Å². The first-order valence-corrected chi connectivity index (χ1v) is 9.79. The number of ether oxygens (including phenoxy) is 1. The van der Waals surface area contributed by atoms with Gasteiger partial charge in [0.05, 0.1) is 16.8 Å². The molecule has 3 aromatic rings. The van der Waals surface area contributed by atoms with Gasteiger partial charge in [0.25, 0.3) is 5.56 Å². The second kappa shape index (κ2) is 5.75. The quantitative estimate of drug-likeness (QED) is 0.650. The number of aromatic nitrogens is 3. The molecular weight excluding hydrogens is 376 g/mol. The fourth-order valence-electron chi connectivity index (χ4n) is 4.22. The zero-order valence-electron chi connectivity index (χ0n) is 15.6. The maximum Gasteiger partial charge on any atom is 0.270 e. The van der Waals surface area contributed by atoms with Gasteiger partial charge in [-0.2, -0.15) is 5.10 Å². The Morgan fingerprint density at radius 1 is 1.36 bits per heavy atom. The standard InChI is InChI=1S/C20H18N4O3S/c1-11(25)16-17-13-6-4-5-7-14(13)27-20(16,2)22-19-24(17)18(26)15(28-19)8-12-9-21-23(3)10-12/h4-10,16-17H,1-3H3/b15-8+/t16-,17-,20+/m1/s1. The third-order valence-corrected chi connectivity index (χ3v) is 6.32. The second-order valence-electron chi connectivity index (χ2n) is 7.36. The van der Waals surface area contributed by atoms with E-state index < -0.39 is 17.7 Å². The first-order chi connectivity index (χ1) is 13.4. The zero-order valence-corrected chi connectivity index (χ0v) is 16.4. The second-order valence-corrected chi connectivity index (χ2v) is 8.36. The smallest absolute Gasteiger partial charge is 0.270 e. The molecule has 3 atom stereocenters. The van der Waals surface area contributed by atoms with E-state index in [-0.39, 0.29) is 11.3 Å². The summed E-state index contributed by atoms with van der Waals surface area (Å²) in [6.07, 6.45) is 5.36. The SMILES string of the molecule is CC(=O)[C@@H]1[C@H]2c3ccccc3O[C@]1(C)N=c1s/c(=C/c3cnn(C)c3)c(=O)n12. The van der Waals surface area contributed by atoms with Gasteiger partial charge in [0.2, 0.25) is 5.72 Å². The summed E-state index contributed by atoms with van der Waals surface area (Å²) in [5.41, 5.74) is 0.493. The van der Waals surface area contributed by atoms with E-state index in [4.69, 9.17) is 9.73 Å². The van der Waals surface area contributed by atoms with E-state index in [2.05, 4.69) is 5.10 Å². The summed E-state index contributed by atoms with van der Waals surface area (Å²) in [6.45, 7) is 3.36. The molecule has 7 nitrogen and oxygen atoms in total. The summed E-state index contributed by atoms with van der Waals surface area (Å²) < 4.78 is 10.1. The van der Waals surface area contributed by atoms with Gasteiger partial charge in [0.15, 0.2) is 4.80 Å². The zero-order chi connectivity index (χ0) is 19.6. The number of rotatable bonds is 2. The van der Waals surface area contributed by atoms with E-state index in [1.54, 1.807) is 15.4 Å². The van der Waals surface area contributed by atoms with Crippen molar-refractivity contribution in [2.24, 2.45) is 18.0 Å². The Balaban J connectivity index is 1.82. The minimum atomic E-state index is -1.03. The lowest BCUT2D eigenvalue weighted by atomic mass is 9.79. The summed E-state index contributed by atoms with van der Waals surface area (Å²) in [7, 11) is 1.83. The summed E-state index contributed by atoms with van der Waals surface area (Å²) in [4.78, 5) is 31.2. The fourth-order valence-corrected chi connectivity index (χ4v) is 5.32. The number of carbonyl (C=O) groups excluding carboxylic acids is 1. The van der Waals surface area contributed by atoms with Gasteiger partial charge in [0, 0.05) is 24.4 Å². The molecule has 0 fully saturated rings. The minimum absolute atomic E-state index is 0.0488. The molecule has 0 spiro atoms. The molecule has 0 radical (unpaired) electrons. The molecule has 0 unspecified atom stereocenters. The Morgan fingerprint density at radius 2 is 2.14 bits per heavy atom. The molecule has 0 aliphatic carbocycles. The Hall–Kier alpha value is -3.00. The van der Waals surface area contributed by atoms with Crippen LogP contribution in [0.4, 0.5) is 0 Å². The van der Waals surface area contributed by atoms with Crippen LogP contribution in [-0.2, 0) is 11.8 Å². The van der Waals surface area contributed by atoms with Crippen LogP contribution in [0.2, 0.25) is 0 Å². The number of para-hydroxylation sites is 1. The maximum atomic E-state index is 13.3. The lowest BCUT2D eigenvalue weighted by Crippen LogP contribution is -2.58. The molecule has 2 aromatic heterocycles. The van der Waals surface area contributed by atoms with Crippen LogP contribution >= 0.6 is 11.3 Å². The number of hydrogen-bond acceptors (Lipinski definition) is 6. The number of ketones is 1. The summed E-state index contributed by atoms with van der Waals surface area (Å²) in [5.74, 6) is 0.0542. The number of carbonyl (C=O) groups is 1. The van der Waals surface area contributed by atoms with Crippen molar-refractivity contribution in [3.63, 3.8) is 0 Å². The van der Waals surface area contributed by atoms with Crippen LogP contribution in [0, 0.1) is 5.92 Å². The normalized spacial score (nSPS) is 25.5. The van der Waals surface area contributed by atoms with Crippen LogP contribution in [0.3, 0.4) is 0 Å². The predicted molar refractivity (Wildman–Crippen MR) is 104 cm³/mol. The Kier molecular flexibility index (Phi) is 3.51. The summed E-state index contributed by atoms with van der Waals surface area (Å²) in [5, 5.41) is 4.15. The average Bonchev–Trinajstić information content (AvgIpc) is 3.16. The molecule has 4 heterocycles. The largest absolute Gasteiger partial charge is 0.465 e. The van der Waals surface area contributed by atoms with Gasteiger partial charge < -0.3 is 4.74 Å². The number of hydrogen-bond donors (Lipinski definition) is 0. The highest BCUT2D eigenvalue weighted by Crippen LogP contribution is 2.47. The number of nitrogens with zero attached hydrogens (tertiary/aromatic N) is 4. The van der Waals surface area contributed by atoms with Crippen molar-refractivity contribution in [2.75, 3.05) is 0 Å². The van der Waals surface area contributed by atoms with Gasteiger partial charge in [0.1, 0.15) is 17.5 Å². The summed E-state index contributed by atoms with van der Waals surface area (Å²) >= 11 is 1.31. The molecule has 0 N–H and O–H groups in total. The highest BCUT2D eigenvalue weighted by molar-refractivity contribution is 7.07. The fraction of sp³-hybridized carbons (Fsp3) is 0.300. The van der Waals surface area contributed by atoms with E-state index in [0.29, 0.717) is 15.1 Å². The molecule has 2 aliphatic rings. The van der Waals surface area contributed by atoms with Crippen molar-refractivity contribution in [2.45, 2.75) is 25.6 Å².